The maximum atomic E-state index is 10.2. The van der Waals surface area contributed by atoms with E-state index in [1.165, 1.54) is 37.8 Å². The number of methoxy groups -OCH3 is 1. The second-order valence-electron chi connectivity index (χ2n) is 6.19. The van der Waals surface area contributed by atoms with Crippen LogP contribution in [0.15, 0.2) is 24.3 Å². The number of aliphatic hydroxyl groups excluding tert-OH is 1. The number of hydrogen-bond acceptors (Lipinski definition) is 3. The number of rotatable bonds is 4. The van der Waals surface area contributed by atoms with Crippen LogP contribution in [0, 0.1) is 5.92 Å². The van der Waals surface area contributed by atoms with E-state index in [-0.39, 0.29) is 6.10 Å². The molecule has 0 amide bonds. The Balaban J connectivity index is 1.65. The van der Waals surface area contributed by atoms with E-state index >= 15 is 0 Å². The molecule has 3 rings (SSSR count). The average molecular weight is 275 g/mol. The van der Waals surface area contributed by atoms with Crippen molar-refractivity contribution < 1.29 is 9.84 Å². The highest BCUT2D eigenvalue weighted by Gasteiger charge is 2.37. The van der Waals surface area contributed by atoms with Gasteiger partial charge in [0.05, 0.1) is 13.2 Å². The Morgan fingerprint density at radius 2 is 1.95 bits per heavy atom. The summed E-state index contributed by atoms with van der Waals surface area (Å²) in [5.74, 6) is 1.41. The van der Waals surface area contributed by atoms with Gasteiger partial charge in [-0.3, -0.25) is 4.90 Å². The zero-order chi connectivity index (χ0) is 13.9. The van der Waals surface area contributed by atoms with Gasteiger partial charge in [0.25, 0.3) is 0 Å². The molecule has 1 aromatic rings. The first kappa shape index (κ1) is 13.9. The minimum Gasteiger partial charge on any atom is -0.497 e. The molecule has 20 heavy (non-hydrogen) atoms. The van der Waals surface area contributed by atoms with Crippen LogP contribution in [0.5, 0.6) is 5.75 Å². The van der Waals surface area contributed by atoms with E-state index in [1.54, 1.807) is 7.11 Å². The van der Waals surface area contributed by atoms with Crippen molar-refractivity contribution in [3.05, 3.63) is 29.8 Å². The van der Waals surface area contributed by atoms with Crippen molar-refractivity contribution in [2.75, 3.05) is 13.7 Å². The van der Waals surface area contributed by atoms with Gasteiger partial charge in [0.1, 0.15) is 5.75 Å². The third-order valence-electron chi connectivity index (χ3n) is 4.98. The molecule has 0 spiro atoms. The predicted octanol–water partition coefficient (Wildman–Crippen LogP) is 2.82. The number of likely N-dealkylation sites (tertiary alicyclic amines) is 1. The minimum absolute atomic E-state index is 0.0727. The first-order chi connectivity index (χ1) is 9.78. The van der Waals surface area contributed by atoms with Crippen molar-refractivity contribution in [2.45, 2.75) is 50.8 Å². The minimum atomic E-state index is -0.0727. The predicted molar refractivity (Wildman–Crippen MR) is 79.8 cm³/mol. The van der Waals surface area contributed by atoms with Crippen LogP contribution in [0.4, 0.5) is 0 Å². The molecule has 1 saturated carbocycles. The van der Waals surface area contributed by atoms with Gasteiger partial charge in [-0.25, -0.2) is 0 Å². The monoisotopic (exact) mass is 275 g/mol. The van der Waals surface area contributed by atoms with Gasteiger partial charge in [-0.05, 0) is 49.9 Å². The van der Waals surface area contributed by atoms with Crippen LogP contribution in [0.3, 0.4) is 0 Å². The van der Waals surface area contributed by atoms with Crippen LogP contribution >= 0.6 is 0 Å². The van der Waals surface area contributed by atoms with Gasteiger partial charge in [0.2, 0.25) is 0 Å². The molecular formula is C17H25NO2. The standard InChI is InChI=1S/C17H25NO2/c1-20-14-9-7-13(8-10-14)12-18-11-3-5-16(18)15-4-2-6-17(15)19/h7-10,15-17,19H,2-6,11-12H2,1H3. The van der Waals surface area contributed by atoms with Gasteiger partial charge in [0, 0.05) is 18.5 Å². The van der Waals surface area contributed by atoms with E-state index in [1.807, 2.05) is 12.1 Å². The lowest BCUT2D eigenvalue weighted by Crippen LogP contribution is -2.38. The molecule has 2 fully saturated rings. The van der Waals surface area contributed by atoms with Gasteiger partial charge in [0.15, 0.2) is 0 Å². The second kappa shape index (κ2) is 6.15. The fraction of sp³-hybridized carbons (Fsp3) is 0.647. The second-order valence-corrected chi connectivity index (χ2v) is 6.19. The van der Waals surface area contributed by atoms with E-state index in [9.17, 15) is 5.11 Å². The van der Waals surface area contributed by atoms with Crippen LogP contribution < -0.4 is 4.74 Å². The maximum Gasteiger partial charge on any atom is 0.118 e. The van der Waals surface area contributed by atoms with Gasteiger partial charge in [-0.1, -0.05) is 18.6 Å². The van der Waals surface area contributed by atoms with Crippen molar-refractivity contribution in [3.8, 4) is 5.75 Å². The average Bonchev–Trinajstić information content (AvgIpc) is 3.08. The number of nitrogens with zero attached hydrogens (tertiary/aromatic N) is 1. The van der Waals surface area contributed by atoms with Crippen molar-refractivity contribution >= 4 is 0 Å². The Hall–Kier alpha value is -1.06. The van der Waals surface area contributed by atoms with Crippen molar-refractivity contribution in [2.24, 2.45) is 5.92 Å². The lowest BCUT2D eigenvalue weighted by Gasteiger charge is -2.31. The molecular weight excluding hydrogens is 250 g/mol. The van der Waals surface area contributed by atoms with Gasteiger partial charge in [-0.15, -0.1) is 0 Å². The van der Waals surface area contributed by atoms with E-state index in [0.29, 0.717) is 12.0 Å². The molecule has 1 N–H and O–H groups in total. The van der Waals surface area contributed by atoms with Gasteiger partial charge in [-0.2, -0.15) is 0 Å². The summed E-state index contributed by atoms with van der Waals surface area (Å²) in [5, 5.41) is 10.2. The fourth-order valence-corrected chi connectivity index (χ4v) is 3.92. The highest BCUT2D eigenvalue weighted by atomic mass is 16.5. The third kappa shape index (κ3) is 2.84. The number of benzene rings is 1. The smallest absolute Gasteiger partial charge is 0.118 e. The number of ether oxygens (including phenoxy) is 1. The Morgan fingerprint density at radius 1 is 1.15 bits per heavy atom. The van der Waals surface area contributed by atoms with E-state index in [0.717, 1.165) is 18.7 Å². The molecule has 1 aromatic carbocycles. The first-order valence-electron chi connectivity index (χ1n) is 7.83. The number of aliphatic hydroxyl groups is 1. The van der Waals surface area contributed by atoms with Crippen LogP contribution in [0.1, 0.15) is 37.7 Å². The Morgan fingerprint density at radius 3 is 2.60 bits per heavy atom. The zero-order valence-electron chi connectivity index (χ0n) is 12.3. The fourth-order valence-electron chi connectivity index (χ4n) is 3.92. The molecule has 2 aliphatic rings. The van der Waals surface area contributed by atoms with E-state index in [2.05, 4.69) is 17.0 Å². The van der Waals surface area contributed by atoms with Crippen LogP contribution in [-0.2, 0) is 6.54 Å². The molecule has 3 heteroatoms. The lowest BCUT2D eigenvalue weighted by atomic mass is 9.94. The molecule has 3 atom stereocenters. The molecule has 0 bridgehead atoms. The summed E-state index contributed by atoms with van der Waals surface area (Å²) in [6, 6.07) is 8.95. The van der Waals surface area contributed by atoms with Gasteiger partial charge < -0.3 is 9.84 Å². The molecule has 110 valence electrons. The molecule has 1 heterocycles. The van der Waals surface area contributed by atoms with Crippen LogP contribution in [-0.4, -0.2) is 35.8 Å². The summed E-state index contributed by atoms with van der Waals surface area (Å²) in [7, 11) is 1.70. The molecule has 3 unspecified atom stereocenters. The summed E-state index contributed by atoms with van der Waals surface area (Å²) >= 11 is 0. The summed E-state index contributed by atoms with van der Waals surface area (Å²) in [4.78, 5) is 2.57. The van der Waals surface area contributed by atoms with Crippen molar-refractivity contribution in [3.63, 3.8) is 0 Å². The third-order valence-corrected chi connectivity index (χ3v) is 4.98. The summed E-state index contributed by atoms with van der Waals surface area (Å²) < 4.78 is 5.21. The molecule has 1 aliphatic heterocycles. The van der Waals surface area contributed by atoms with Gasteiger partial charge >= 0.3 is 0 Å². The highest BCUT2D eigenvalue weighted by Crippen LogP contribution is 2.36. The van der Waals surface area contributed by atoms with Crippen molar-refractivity contribution in [1.29, 1.82) is 0 Å². The van der Waals surface area contributed by atoms with E-state index < -0.39 is 0 Å². The van der Waals surface area contributed by atoms with Crippen LogP contribution in [0.25, 0.3) is 0 Å². The first-order valence-corrected chi connectivity index (χ1v) is 7.83. The molecule has 3 nitrogen and oxygen atoms in total. The lowest BCUT2D eigenvalue weighted by molar-refractivity contribution is 0.0719. The SMILES string of the molecule is COc1ccc(CN2CCCC2C2CCCC2O)cc1. The summed E-state index contributed by atoms with van der Waals surface area (Å²) in [6.07, 6.45) is 5.83. The Kier molecular flexibility index (Phi) is 4.27. The normalized spacial score (nSPS) is 30.8. The summed E-state index contributed by atoms with van der Waals surface area (Å²) in [6.45, 7) is 2.16. The molecule has 0 radical (unpaired) electrons. The molecule has 0 aromatic heterocycles. The van der Waals surface area contributed by atoms with Crippen LogP contribution in [0.2, 0.25) is 0 Å². The Labute approximate surface area is 121 Å². The maximum absolute atomic E-state index is 10.2. The quantitative estimate of drug-likeness (QED) is 0.917. The molecule has 1 saturated heterocycles. The largest absolute Gasteiger partial charge is 0.497 e. The summed E-state index contributed by atoms with van der Waals surface area (Å²) in [5.41, 5.74) is 1.34. The highest BCUT2D eigenvalue weighted by molar-refractivity contribution is 5.27. The molecule has 1 aliphatic carbocycles. The Bertz CT molecular complexity index is 431. The topological polar surface area (TPSA) is 32.7 Å². The van der Waals surface area contributed by atoms with E-state index in [4.69, 9.17) is 4.74 Å². The van der Waals surface area contributed by atoms with Crippen molar-refractivity contribution in [1.82, 2.24) is 4.90 Å². The zero-order valence-corrected chi connectivity index (χ0v) is 12.3. The number of hydrogen-bond donors (Lipinski definition) is 1.